The molecule has 1 unspecified atom stereocenters. The summed E-state index contributed by atoms with van der Waals surface area (Å²) in [7, 11) is 1.60. The molecule has 0 aliphatic carbocycles. The van der Waals surface area contributed by atoms with Gasteiger partial charge in [-0.2, -0.15) is 0 Å². The molecule has 0 spiro atoms. The first-order valence-corrected chi connectivity index (χ1v) is 9.03. The summed E-state index contributed by atoms with van der Waals surface area (Å²) in [5.74, 6) is -0.160. The minimum absolute atomic E-state index is 0.00933. The Bertz CT molecular complexity index is 753. The van der Waals surface area contributed by atoms with E-state index in [2.05, 4.69) is 29.6 Å². The van der Waals surface area contributed by atoms with Gasteiger partial charge in [0.15, 0.2) is 0 Å². The highest BCUT2D eigenvalue weighted by molar-refractivity contribution is 5.87. The SMILES string of the molecule is CNC(=O)C(C)N(Cc1ccccc1C)C(=O)CCc1ccc(C)cc1. The second kappa shape index (κ2) is 9.18. The van der Waals surface area contributed by atoms with Crippen molar-refractivity contribution in [3.63, 3.8) is 0 Å². The molecule has 0 fully saturated rings. The predicted octanol–water partition coefficient (Wildman–Crippen LogP) is 3.40. The molecule has 1 N–H and O–H groups in total. The molecule has 0 heterocycles. The molecule has 0 radical (unpaired) electrons. The summed E-state index contributed by atoms with van der Waals surface area (Å²) in [4.78, 5) is 26.7. The van der Waals surface area contributed by atoms with Crippen molar-refractivity contribution in [2.45, 2.75) is 46.2 Å². The first-order valence-electron chi connectivity index (χ1n) is 9.03. The fourth-order valence-corrected chi connectivity index (χ4v) is 2.91. The summed E-state index contributed by atoms with van der Waals surface area (Å²) in [6.45, 7) is 6.29. The van der Waals surface area contributed by atoms with Crippen LogP contribution in [0.5, 0.6) is 0 Å². The zero-order valence-electron chi connectivity index (χ0n) is 16.1. The minimum atomic E-state index is -0.509. The zero-order chi connectivity index (χ0) is 19.1. The molecule has 2 aromatic rings. The Morgan fingerprint density at radius 1 is 1.04 bits per heavy atom. The van der Waals surface area contributed by atoms with Crippen molar-refractivity contribution in [2.24, 2.45) is 0 Å². The predicted molar refractivity (Wildman–Crippen MR) is 105 cm³/mol. The fourth-order valence-electron chi connectivity index (χ4n) is 2.91. The standard InChI is InChI=1S/C22H28N2O2/c1-16-9-11-19(12-10-16)13-14-21(25)24(18(3)22(26)23-4)15-20-8-6-5-7-17(20)2/h5-12,18H,13-15H2,1-4H3,(H,23,26). The molecule has 0 aliphatic rings. The molecule has 2 rings (SSSR count). The van der Waals surface area contributed by atoms with E-state index in [1.165, 1.54) is 5.56 Å². The highest BCUT2D eigenvalue weighted by atomic mass is 16.2. The average molecular weight is 352 g/mol. The molecule has 138 valence electrons. The first kappa shape index (κ1) is 19.7. The zero-order valence-corrected chi connectivity index (χ0v) is 16.1. The number of nitrogens with one attached hydrogen (secondary N) is 1. The molecule has 0 bridgehead atoms. The van der Waals surface area contributed by atoms with E-state index in [-0.39, 0.29) is 11.8 Å². The van der Waals surface area contributed by atoms with Crippen molar-refractivity contribution in [3.8, 4) is 0 Å². The van der Waals surface area contributed by atoms with Gasteiger partial charge < -0.3 is 10.2 Å². The number of hydrogen-bond donors (Lipinski definition) is 1. The van der Waals surface area contributed by atoms with E-state index in [1.807, 2.05) is 38.1 Å². The number of aryl methyl sites for hydroxylation is 3. The molecule has 2 amide bonds. The maximum absolute atomic E-state index is 12.9. The maximum Gasteiger partial charge on any atom is 0.242 e. The normalized spacial score (nSPS) is 11.7. The second-order valence-corrected chi connectivity index (χ2v) is 6.72. The van der Waals surface area contributed by atoms with Crippen molar-refractivity contribution in [1.29, 1.82) is 0 Å². The van der Waals surface area contributed by atoms with Gasteiger partial charge in [0.1, 0.15) is 6.04 Å². The van der Waals surface area contributed by atoms with E-state index in [1.54, 1.807) is 18.9 Å². The first-order chi connectivity index (χ1) is 12.4. The highest BCUT2D eigenvalue weighted by Crippen LogP contribution is 2.15. The molecule has 1 atom stereocenters. The van der Waals surface area contributed by atoms with Crippen LogP contribution in [0.15, 0.2) is 48.5 Å². The molecular formula is C22H28N2O2. The Hall–Kier alpha value is -2.62. The topological polar surface area (TPSA) is 49.4 Å². The lowest BCUT2D eigenvalue weighted by atomic mass is 10.0. The average Bonchev–Trinajstić information content (AvgIpc) is 2.65. The Labute approximate surface area is 156 Å². The van der Waals surface area contributed by atoms with Gasteiger partial charge in [0, 0.05) is 20.0 Å². The largest absolute Gasteiger partial charge is 0.357 e. The lowest BCUT2D eigenvalue weighted by Crippen LogP contribution is -2.46. The van der Waals surface area contributed by atoms with Crippen molar-refractivity contribution < 1.29 is 9.59 Å². The monoisotopic (exact) mass is 352 g/mol. The van der Waals surface area contributed by atoms with E-state index in [9.17, 15) is 9.59 Å². The fraction of sp³-hybridized carbons (Fsp3) is 0.364. The van der Waals surface area contributed by atoms with Crippen LogP contribution in [-0.2, 0) is 22.6 Å². The van der Waals surface area contributed by atoms with E-state index in [4.69, 9.17) is 0 Å². The summed E-state index contributed by atoms with van der Waals surface area (Å²) in [6, 6.07) is 15.7. The van der Waals surface area contributed by atoms with Gasteiger partial charge in [-0.25, -0.2) is 0 Å². The van der Waals surface area contributed by atoms with Gasteiger partial charge in [0.25, 0.3) is 0 Å². The van der Waals surface area contributed by atoms with Gasteiger partial charge in [-0.15, -0.1) is 0 Å². The van der Waals surface area contributed by atoms with Crippen molar-refractivity contribution in [3.05, 3.63) is 70.8 Å². The number of nitrogens with zero attached hydrogens (tertiary/aromatic N) is 1. The molecule has 4 nitrogen and oxygen atoms in total. The van der Waals surface area contributed by atoms with Gasteiger partial charge >= 0.3 is 0 Å². The van der Waals surface area contributed by atoms with Crippen LogP contribution in [0.25, 0.3) is 0 Å². The van der Waals surface area contributed by atoms with E-state index >= 15 is 0 Å². The minimum Gasteiger partial charge on any atom is -0.357 e. The van der Waals surface area contributed by atoms with Gasteiger partial charge in [-0.05, 0) is 43.9 Å². The van der Waals surface area contributed by atoms with Gasteiger partial charge in [-0.1, -0.05) is 54.1 Å². The van der Waals surface area contributed by atoms with Crippen LogP contribution in [0.2, 0.25) is 0 Å². The Morgan fingerprint density at radius 3 is 2.31 bits per heavy atom. The Kier molecular flexibility index (Phi) is 6.96. The Balaban J connectivity index is 2.13. The molecule has 4 heteroatoms. The number of benzene rings is 2. The van der Waals surface area contributed by atoms with Gasteiger partial charge in [-0.3, -0.25) is 9.59 Å². The molecule has 2 aromatic carbocycles. The van der Waals surface area contributed by atoms with Gasteiger partial charge in [0.05, 0.1) is 0 Å². The van der Waals surface area contributed by atoms with Gasteiger partial charge in [0.2, 0.25) is 11.8 Å². The van der Waals surface area contributed by atoms with Crippen LogP contribution in [0.1, 0.15) is 35.6 Å². The molecule has 0 saturated carbocycles. The Morgan fingerprint density at radius 2 is 1.69 bits per heavy atom. The van der Waals surface area contributed by atoms with Crippen molar-refractivity contribution in [1.82, 2.24) is 10.2 Å². The summed E-state index contributed by atoms with van der Waals surface area (Å²) >= 11 is 0. The molecule has 0 aromatic heterocycles. The third kappa shape index (κ3) is 5.19. The van der Waals surface area contributed by atoms with Crippen LogP contribution in [0.3, 0.4) is 0 Å². The number of hydrogen-bond acceptors (Lipinski definition) is 2. The van der Waals surface area contributed by atoms with Crippen molar-refractivity contribution in [2.75, 3.05) is 7.05 Å². The van der Waals surface area contributed by atoms with E-state index < -0.39 is 6.04 Å². The van der Waals surface area contributed by atoms with E-state index in [0.717, 1.165) is 16.7 Å². The third-order valence-corrected chi connectivity index (χ3v) is 4.76. The van der Waals surface area contributed by atoms with Crippen LogP contribution in [-0.4, -0.2) is 29.8 Å². The van der Waals surface area contributed by atoms with Crippen LogP contribution in [0, 0.1) is 13.8 Å². The molecule has 26 heavy (non-hydrogen) atoms. The number of rotatable bonds is 7. The third-order valence-electron chi connectivity index (χ3n) is 4.76. The van der Waals surface area contributed by atoms with E-state index in [0.29, 0.717) is 19.4 Å². The molecular weight excluding hydrogens is 324 g/mol. The van der Waals surface area contributed by atoms with Crippen LogP contribution in [0.4, 0.5) is 0 Å². The summed E-state index contributed by atoms with van der Waals surface area (Å²) in [5.41, 5.74) is 4.52. The summed E-state index contributed by atoms with van der Waals surface area (Å²) in [5, 5.41) is 2.65. The lowest BCUT2D eigenvalue weighted by molar-refractivity contribution is -0.140. The van der Waals surface area contributed by atoms with Crippen LogP contribution < -0.4 is 5.32 Å². The smallest absolute Gasteiger partial charge is 0.242 e. The molecule has 0 saturated heterocycles. The maximum atomic E-state index is 12.9. The highest BCUT2D eigenvalue weighted by Gasteiger charge is 2.25. The number of likely N-dealkylation sites (N-methyl/N-ethyl adjacent to an activating group) is 1. The number of carbonyl (C=O) groups is 2. The molecule has 0 aliphatic heterocycles. The second-order valence-electron chi connectivity index (χ2n) is 6.72. The number of carbonyl (C=O) groups excluding carboxylic acids is 2. The summed E-state index contributed by atoms with van der Waals surface area (Å²) in [6.07, 6.45) is 1.06. The van der Waals surface area contributed by atoms with Crippen molar-refractivity contribution >= 4 is 11.8 Å². The number of amides is 2. The lowest BCUT2D eigenvalue weighted by Gasteiger charge is -2.29. The quantitative estimate of drug-likeness (QED) is 0.830. The summed E-state index contributed by atoms with van der Waals surface area (Å²) < 4.78 is 0. The van der Waals surface area contributed by atoms with Crippen LogP contribution >= 0.6 is 0 Å².